The molecule has 0 saturated heterocycles. The van der Waals surface area contributed by atoms with Gasteiger partial charge in [-0.2, -0.15) is 0 Å². The number of carboxylic acids is 1. The number of aromatic carboxylic acids is 1. The van der Waals surface area contributed by atoms with Gasteiger partial charge in [0.2, 0.25) is 0 Å². The van der Waals surface area contributed by atoms with E-state index in [1.165, 1.54) is 0 Å². The van der Waals surface area contributed by atoms with Crippen molar-refractivity contribution in [1.29, 1.82) is 0 Å². The molecule has 0 bridgehead atoms. The summed E-state index contributed by atoms with van der Waals surface area (Å²) in [6.07, 6.45) is 5.95. The normalized spacial score (nSPS) is 11.9. The lowest BCUT2D eigenvalue weighted by Crippen LogP contribution is -2.10. The molecule has 1 N–H and O–H groups in total. The van der Waals surface area contributed by atoms with E-state index in [9.17, 15) is 4.79 Å². The van der Waals surface area contributed by atoms with E-state index in [0.717, 1.165) is 29.3 Å². The number of rotatable bonds is 7. The molecule has 1 aromatic carbocycles. The Balaban J connectivity index is 2.17. The van der Waals surface area contributed by atoms with Crippen LogP contribution in [0.25, 0.3) is 0 Å². The third-order valence-corrected chi connectivity index (χ3v) is 3.60. The van der Waals surface area contributed by atoms with Crippen molar-refractivity contribution in [3.8, 4) is 6.01 Å². The predicted molar refractivity (Wildman–Crippen MR) is 86.0 cm³/mol. The van der Waals surface area contributed by atoms with E-state index in [4.69, 9.17) is 9.84 Å². The quantitative estimate of drug-likeness (QED) is 0.794. The van der Waals surface area contributed by atoms with Gasteiger partial charge in [0.15, 0.2) is 0 Å². The highest BCUT2D eigenvalue weighted by atomic mass is 79.9. The molecule has 0 radical (unpaired) electrons. The molecule has 0 unspecified atom stereocenters. The van der Waals surface area contributed by atoms with Crippen LogP contribution in [0.1, 0.15) is 48.2 Å². The highest BCUT2D eigenvalue weighted by Crippen LogP contribution is 2.25. The molecule has 0 saturated carbocycles. The van der Waals surface area contributed by atoms with Crippen molar-refractivity contribution in [3.63, 3.8) is 0 Å². The summed E-state index contributed by atoms with van der Waals surface area (Å²) >= 11 is 3.28. The molecule has 0 amide bonds. The number of halogens is 1. The minimum Gasteiger partial charge on any atom is -0.478 e. The monoisotopic (exact) mass is 364 g/mol. The minimum absolute atomic E-state index is 0.191. The van der Waals surface area contributed by atoms with Crippen LogP contribution in [0, 0.1) is 0 Å². The van der Waals surface area contributed by atoms with Gasteiger partial charge in [-0.25, -0.2) is 14.8 Å². The van der Waals surface area contributed by atoms with Gasteiger partial charge in [-0.05, 0) is 46.5 Å². The van der Waals surface area contributed by atoms with Crippen molar-refractivity contribution in [2.75, 3.05) is 0 Å². The van der Waals surface area contributed by atoms with E-state index in [2.05, 4.69) is 32.8 Å². The molecule has 5 nitrogen and oxygen atoms in total. The lowest BCUT2D eigenvalue weighted by molar-refractivity contribution is 0.0696. The topological polar surface area (TPSA) is 72.3 Å². The first-order valence-corrected chi connectivity index (χ1v) is 7.87. The molecule has 116 valence electrons. The molecule has 0 spiro atoms. The minimum atomic E-state index is -0.936. The average molecular weight is 365 g/mol. The zero-order valence-electron chi connectivity index (χ0n) is 12.2. The molecule has 0 aliphatic rings. The molecular formula is C16H17BrN2O3. The van der Waals surface area contributed by atoms with Gasteiger partial charge >= 0.3 is 12.0 Å². The fraction of sp³-hybridized carbons (Fsp3) is 0.312. The fourth-order valence-electron chi connectivity index (χ4n) is 2.01. The molecule has 2 aromatic rings. The Hall–Kier alpha value is -1.95. The Kier molecular flexibility index (Phi) is 5.89. The molecule has 0 fully saturated rings. The lowest BCUT2D eigenvalue weighted by atomic mass is 10.0. The lowest BCUT2D eigenvalue weighted by Gasteiger charge is -2.18. The molecule has 2 rings (SSSR count). The largest absolute Gasteiger partial charge is 0.478 e. The van der Waals surface area contributed by atoms with Gasteiger partial charge in [0.25, 0.3) is 0 Å². The number of hydrogen-bond donors (Lipinski definition) is 1. The SMILES string of the molecule is CCCC[C@H](Oc1ncc(Br)cn1)c1ccc(C(=O)O)cc1. The van der Waals surface area contributed by atoms with Gasteiger partial charge in [-0.1, -0.05) is 25.5 Å². The summed E-state index contributed by atoms with van der Waals surface area (Å²) in [5.74, 6) is -0.936. The summed E-state index contributed by atoms with van der Waals surface area (Å²) in [5, 5.41) is 8.96. The number of nitrogens with zero attached hydrogens (tertiary/aromatic N) is 2. The van der Waals surface area contributed by atoms with E-state index < -0.39 is 5.97 Å². The fourth-order valence-corrected chi connectivity index (χ4v) is 2.22. The van der Waals surface area contributed by atoms with Gasteiger partial charge in [0, 0.05) is 12.4 Å². The molecule has 1 atom stereocenters. The van der Waals surface area contributed by atoms with Crippen molar-refractivity contribution in [2.45, 2.75) is 32.3 Å². The summed E-state index contributed by atoms with van der Waals surface area (Å²) in [7, 11) is 0. The molecule has 22 heavy (non-hydrogen) atoms. The maximum Gasteiger partial charge on any atom is 0.335 e. The molecule has 0 aliphatic heterocycles. The van der Waals surface area contributed by atoms with Crippen LogP contribution >= 0.6 is 15.9 Å². The van der Waals surface area contributed by atoms with Crippen LogP contribution in [-0.4, -0.2) is 21.0 Å². The first-order valence-electron chi connectivity index (χ1n) is 7.07. The maximum absolute atomic E-state index is 10.9. The maximum atomic E-state index is 10.9. The summed E-state index contributed by atoms with van der Waals surface area (Å²) in [6.45, 7) is 2.11. The first kappa shape index (κ1) is 16.4. The van der Waals surface area contributed by atoms with Crippen molar-refractivity contribution in [1.82, 2.24) is 9.97 Å². The number of benzene rings is 1. The van der Waals surface area contributed by atoms with Gasteiger partial charge in [-0.15, -0.1) is 0 Å². The number of unbranched alkanes of at least 4 members (excludes halogenated alkanes) is 1. The third-order valence-electron chi connectivity index (χ3n) is 3.19. The smallest absolute Gasteiger partial charge is 0.335 e. The molecular weight excluding hydrogens is 348 g/mol. The zero-order valence-corrected chi connectivity index (χ0v) is 13.8. The van der Waals surface area contributed by atoms with Crippen LogP contribution in [0.3, 0.4) is 0 Å². The van der Waals surface area contributed by atoms with Crippen LogP contribution in [0.4, 0.5) is 0 Å². The number of carboxylic acid groups (broad SMARTS) is 1. The molecule has 6 heteroatoms. The van der Waals surface area contributed by atoms with E-state index in [0.29, 0.717) is 6.01 Å². The van der Waals surface area contributed by atoms with Crippen molar-refractivity contribution in [3.05, 3.63) is 52.3 Å². The van der Waals surface area contributed by atoms with Gasteiger partial charge in [0.1, 0.15) is 6.10 Å². The summed E-state index contributed by atoms with van der Waals surface area (Å²) < 4.78 is 6.66. The zero-order chi connectivity index (χ0) is 15.9. The second-order valence-corrected chi connectivity index (χ2v) is 5.78. The summed E-state index contributed by atoms with van der Waals surface area (Å²) in [5.41, 5.74) is 1.18. The Labute approximate surface area is 137 Å². The molecule has 1 aromatic heterocycles. The van der Waals surface area contributed by atoms with E-state index in [1.54, 1.807) is 36.7 Å². The van der Waals surface area contributed by atoms with Gasteiger partial charge in [-0.3, -0.25) is 0 Å². The van der Waals surface area contributed by atoms with Crippen LogP contribution < -0.4 is 4.74 Å². The number of aromatic nitrogens is 2. The van der Waals surface area contributed by atoms with E-state index in [1.807, 2.05) is 0 Å². The summed E-state index contributed by atoms with van der Waals surface area (Å²) in [4.78, 5) is 19.2. The van der Waals surface area contributed by atoms with Crippen LogP contribution in [0.15, 0.2) is 41.1 Å². The van der Waals surface area contributed by atoms with Crippen LogP contribution in [0.2, 0.25) is 0 Å². The standard InChI is InChI=1S/C16H17BrN2O3/c1-2-3-4-14(22-16-18-9-13(17)10-19-16)11-5-7-12(8-6-11)15(20)21/h5-10,14H,2-4H2,1H3,(H,20,21)/t14-/m0/s1. The van der Waals surface area contributed by atoms with E-state index in [-0.39, 0.29) is 11.7 Å². The summed E-state index contributed by atoms with van der Waals surface area (Å²) in [6, 6.07) is 7.04. The van der Waals surface area contributed by atoms with Crippen molar-refractivity contribution in [2.24, 2.45) is 0 Å². The van der Waals surface area contributed by atoms with Gasteiger partial charge in [0.05, 0.1) is 10.0 Å². The van der Waals surface area contributed by atoms with Crippen LogP contribution in [-0.2, 0) is 0 Å². The van der Waals surface area contributed by atoms with Crippen molar-refractivity contribution < 1.29 is 14.6 Å². The Morgan fingerprint density at radius 3 is 2.45 bits per heavy atom. The number of carbonyl (C=O) groups is 1. The predicted octanol–water partition coefficient (Wildman–Crippen LogP) is 4.25. The average Bonchev–Trinajstić information content (AvgIpc) is 2.53. The van der Waals surface area contributed by atoms with Gasteiger partial charge < -0.3 is 9.84 Å². The highest BCUT2D eigenvalue weighted by molar-refractivity contribution is 9.10. The van der Waals surface area contributed by atoms with Crippen molar-refractivity contribution >= 4 is 21.9 Å². The number of hydrogen-bond acceptors (Lipinski definition) is 4. The highest BCUT2D eigenvalue weighted by Gasteiger charge is 2.15. The Morgan fingerprint density at radius 1 is 1.27 bits per heavy atom. The van der Waals surface area contributed by atoms with E-state index >= 15 is 0 Å². The second-order valence-electron chi connectivity index (χ2n) is 4.86. The first-order chi connectivity index (χ1) is 10.6. The van der Waals surface area contributed by atoms with Crippen LogP contribution in [0.5, 0.6) is 6.01 Å². The Morgan fingerprint density at radius 2 is 1.91 bits per heavy atom. The number of ether oxygens (including phenoxy) is 1. The Bertz CT molecular complexity index is 614. The second kappa shape index (κ2) is 7.89. The third kappa shape index (κ3) is 4.53. The molecule has 0 aliphatic carbocycles. The molecule has 1 heterocycles.